The molecule has 1 N–H and O–H groups in total. The van der Waals surface area contributed by atoms with Gasteiger partial charge in [0.2, 0.25) is 5.16 Å². The van der Waals surface area contributed by atoms with E-state index < -0.39 is 0 Å². The molecule has 7 heteroatoms. The first-order chi connectivity index (χ1) is 14.2. The van der Waals surface area contributed by atoms with Gasteiger partial charge in [0, 0.05) is 17.0 Å². The van der Waals surface area contributed by atoms with Crippen molar-refractivity contribution in [2.75, 3.05) is 5.32 Å². The molecule has 0 aliphatic carbocycles. The quantitative estimate of drug-likeness (QED) is 0.481. The number of nitrogens with zero attached hydrogens (tertiary/aromatic N) is 4. The summed E-state index contributed by atoms with van der Waals surface area (Å²) in [6.45, 7) is 2.04. The van der Waals surface area contributed by atoms with Crippen molar-refractivity contribution < 1.29 is 4.79 Å². The van der Waals surface area contributed by atoms with Crippen LogP contribution in [0.2, 0.25) is 0 Å². The van der Waals surface area contributed by atoms with Crippen LogP contribution in [-0.2, 0) is 5.75 Å². The van der Waals surface area contributed by atoms with Gasteiger partial charge in [-0.2, -0.15) is 4.68 Å². The second-order valence-corrected chi connectivity index (χ2v) is 7.46. The van der Waals surface area contributed by atoms with Crippen LogP contribution in [0.3, 0.4) is 0 Å². The largest absolute Gasteiger partial charge is 0.322 e. The zero-order chi connectivity index (χ0) is 20.1. The summed E-state index contributed by atoms with van der Waals surface area (Å²) in [5.41, 5.74) is 4.60. The molecule has 1 aromatic heterocycles. The number of para-hydroxylation sites is 1. The lowest BCUT2D eigenvalue weighted by molar-refractivity contribution is 0.102. The fraction of sp³-hybridized carbons (Fsp3) is 0.0909. The Bertz CT molecular complexity index is 1090. The lowest BCUT2D eigenvalue weighted by Gasteiger charge is -2.07. The van der Waals surface area contributed by atoms with E-state index in [1.54, 1.807) is 16.4 Å². The third-order valence-corrected chi connectivity index (χ3v) is 5.33. The van der Waals surface area contributed by atoms with E-state index in [0.717, 1.165) is 22.1 Å². The average Bonchev–Trinajstić information content (AvgIpc) is 3.22. The second-order valence-electron chi connectivity index (χ2n) is 6.51. The summed E-state index contributed by atoms with van der Waals surface area (Å²) >= 11 is 1.55. The Kier molecular flexibility index (Phi) is 5.67. The summed E-state index contributed by atoms with van der Waals surface area (Å²) in [6, 6.07) is 25.0. The third kappa shape index (κ3) is 4.70. The van der Waals surface area contributed by atoms with E-state index >= 15 is 0 Å². The number of anilines is 1. The Morgan fingerprint density at radius 2 is 1.69 bits per heavy atom. The maximum Gasteiger partial charge on any atom is 0.255 e. The molecule has 29 heavy (non-hydrogen) atoms. The first-order valence-corrected chi connectivity index (χ1v) is 10.1. The minimum absolute atomic E-state index is 0.126. The number of benzene rings is 3. The molecule has 6 nitrogen and oxygen atoms in total. The average molecular weight is 401 g/mol. The van der Waals surface area contributed by atoms with Crippen molar-refractivity contribution in [3.63, 3.8) is 0 Å². The highest BCUT2D eigenvalue weighted by Crippen LogP contribution is 2.23. The zero-order valence-corrected chi connectivity index (χ0v) is 16.6. The van der Waals surface area contributed by atoms with Crippen LogP contribution >= 0.6 is 11.8 Å². The minimum atomic E-state index is -0.126. The van der Waals surface area contributed by atoms with Gasteiger partial charge in [-0.1, -0.05) is 59.8 Å². The number of amides is 1. The van der Waals surface area contributed by atoms with Crippen molar-refractivity contribution in [3.05, 3.63) is 95.6 Å². The van der Waals surface area contributed by atoms with Crippen LogP contribution in [0.4, 0.5) is 5.69 Å². The van der Waals surface area contributed by atoms with Crippen LogP contribution < -0.4 is 5.32 Å². The lowest BCUT2D eigenvalue weighted by atomic mass is 10.1. The van der Waals surface area contributed by atoms with Gasteiger partial charge in [0.25, 0.3) is 5.91 Å². The van der Waals surface area contributed by atoms with Gasteiger partial charge in [0.15, 0.2) is 0 Å². The van der Waals surface area contributed by atoms with E-state index in [1.165, 1.54) is 5.56 Å². The van der Waals surface area contributed by atoms with Crippen molar-refractivity contribution in [2.24, 2.45) is 0 Å². The number of aromatic nitrogens is 4. The van der Waals surface area contributed by atoms with Gasteiger partial charge < -0.3 is 5.32 Å². The molecule has 144 valence electrons. The SMILES string of the molecule is Cc1ccc(-n2nnnc2SCc2ccc(C(=O)Nc3ccccc3)cc2)cc1. The van der Waals surface area contributed by atoms with Crippen molar-refractivity contribution >= 4 is 23.4 Å². The first kappa shape index (κ1) is 18.9. The molecular weight excluding hydrogens is 382 g/mol. The summed E-state index contributed by atoms with van der Waals surface area (Å²) in [5.74, 6) is 0.575. The summed E-state index contributed by atoms with van der Waals surface area (Å²) in [6.07, 6.45) is 0. The molecule has 1 heterocycles. The molecule has 0 saturated carbocycles. The molecule has 0 bridgehead atoms. The van der Waals surface area contributed by atoms with Crippen molar-refractivity contribution in [1.29, 1.82) is 0 Å². The number of tetrazole rings is 1. The summed E-state index contributed by atoms with van der Waals surface area (Å²) in [5, 5.41) is 15.6. The molecule has 4 rings (SSSR count). The topological polar surface area (TPSA) is 72.7 Å². The van der Waals surface area contributed by atoms with Gasteiger partial charge in [-0.25, -0.2) is 0 Å². The van der Waals surface area contributed by atoms with Gasteiger partial charge in [-0.05, 0) is 59.3 Å². The van der Waals surface area contributed by atoms with Gasteiger partial charge in [-0.15, -0.1) is 5.10 Å². The van der Waals surface area contributed by atoms with E-state index in [4.69, 9.17) is 0 Å². The van der Waals surface area contributed by atoms with Crippen molar-refractivity contribution in [3.8, 4) is 5.69 Å². The molecule has 0 radical (unpaired) electrons. The number of hydrogen-bond acceptors (Lipinski definition) is 5. The fourth-order valence-corrected chi connectivity index (χ4v) is 3.59. The van der Waals surface area contributed by atoms with Crippen molar-refractivity contribution in [1.82, 2.24) is 20.2 Å². The highest BCUT2D eigenvalue weighted by atomic mass is 32.2. The number of carbonyl (C=O) groups is 1. The third-order valence-electron chi connectivity index (χ3n) is 4.34. The molecule has 0 fully saturated rings. The monoisotopic (exact) mass is 401 g/mol. The molecular formula is C22H19N5OS. The van der Waals surface area contributed by atoms with E-state index in [-0.39, 0.29) is 5.91 Å². The Hall–Kier alpha value is -3.45. The van der Waals surface area contributed by atoms with Crippen LogP contribution in [0.5, 0.6) is 0 Å². The van der Waals surface area contributed by atoms with E-state index in [0.29, 0.717) is 11.3 Å². The summed E-state index contributed by atoms with van der Waals surface area (Å²) < 4.78 is 1.73. The normalized spacial score (nSPS) is 10.7. The maximum atomic E-state index is 12.3. The van der Waals surface area contributed by atoms with Crippen LogP contribution in [0.15, 0.2) is 84.0 Å². The molecule has 4 aromatic rings. The van der Waals surface area contributed by atoms with E-state index in [1.807, 2.05) is 85.8 Å². The molecule has 3 aromatic carbocycles. The van der Waals surface area contributed by atoms with Crippen LogP contribution in [0.1, 0.15) is 21.5 Å². The fourth-order valence-electron chi connectivity index (χ4n) is 2.74. The molecule has 0 aliphatic rings. The number of nitrogens with one attached hydrogen (secondary N) is 1. The summed E-state index contributed by atoms with van der Waals surface area (Å²) in [7, 11) is 0. The first-order valence-electron chi connectivity index (χ1n) is 9.12. The van der Waals surface area contributed by atoms with Gasteiger partial charge in [0.05, 0.1) is 5.69 Å². The standard InChI is InChI=1S/C22H19N5OS/c1-16-7-13-20(14-8-16)27-22(24-25-26-27)29-15-17-9-11-18(12-10-17)21(28)23-19-5-3-2-4-6-19/h2-14H,15H2,1H3,(H,23,28). The molecule has 0 unspecified atom stereocenters. The Labute approximate surface area is 173 Å². The number of hydrogen-bond donors (Lipinski definition) is 1. The second kappa shape index (κ2) is 8.70. The number of rotatable bonds is 6. The van der Waals surface area contributed by atoms with Gasteiger partial charge in [0.1, 0.15) is 0 Å². The molecule has 0 aliphatic heterocycles. The smallest absolute Gasteiger partial charge is 0.255 e. The van der Waals surface area contributed by atoms with E-state index in [2.05, 4.69) is 20.8 Å². The predicted octanol–water partition coefficient (Wildman–Crippen LogP) is 4.52. The van der Waals surface area contributed by atoms with Crippen molar-refractivity contribution in [2.45, 2.75) is 17.8 Å². The Morgan fingerprint density at radius 3 is 2.41 bits per heavy atom. The van der Waals surface area contributed by atoms with Gasteiger partial charge in [-0.3, -0.25) is 4.79 Å². The van der Waals surface area contributed by atoms with E-state index in [9.17, 15) is 4.79 Å². The Morgan fingerprint density at radius 1 is 0.966 bits per heavy atom. The van der Waals surface area contributed by atoms with Gasteiger partial charge >= 0.3 is 0 Å². The lowest BCUT2D eigenvalue weighted by Crippen LogP contribution is -2.11. The zero-order valence-electron chi connectivity index (χ0n) is 15.8. The highest BCUT2D eigenvalue weighted by molar-refractivity contribution is 7.98. The minimum Gasteiger partial charge on any atom is -0.322 e. The van der Waals surface area contributed by atoms with Crippen LogP contribution in [-0.4, -0.2) is 26.1 Å². The van der Waals surface area contributed by atoms with Crippen LogP contribution in [0.25, 0.3) is 5.69 Å². The molecule has 0 atom stereocenters. The molecule has 0 saturated heterocycles. The summed E-state index contributed by atoms with van der Waals surface area (Å²) in [4.78, 5) is 12.3. The van der Waals surface area contributed by atoms with Crippen LogP contribution in [0, 0.1) is 6.92 Å². The number of aryl methyl sites for hydroxylation is 1. The highest BCUT2D eigenvalue weighted by Gasteiger charge is 2.10. The Balaban J connectivity index is 1.39. The molecule has 1 amide bonds. The maximum absolute atomic E-state index is 12.3. The predicted molar refractivity (Wildman–Crippen MR) is 114 cm³/mol. The number of thioether (sulfide) groups is 1. The molecule has 0 spiro atoms. The number of carbonyl (C=O) groups excluding carboxylic acids is 1.